The van der Waals surface area contributed by atoms with Crippen LogP contribution in [-0.2, 0) is 7.05 Å². The molecule has 0 aliphatic carbocycles. The molecule has 2 aromatic heterocycles. The number of aliphatic hydroxyl groups excluding tert-OH is 1. The molecule has 1 atom stereocenters. The fraction of sp³-hybridized carbons (Fsp3) is 0.500. The van der Waals surface area contributed by atoms with Gasteiger partial charge >= 0.3 is 0 Å². The maximum absolute atomic E-state index is 12.4. The molecule has 0 saturated heterocycles. The minimum atomic E-state index is -0.373. The van der Waals surface area contributed by atoms with Gasteiger partial charge in [0, 0.05) is 25.0 Å². The van der Waals surface area contributed by atoms with Crippen LogP contribution in [0.4, 0.5) is 0 Å². The maximum atomic E-state index is 12.4. The van der Waals surface area contributed by atoms with Crippen molar-refractivity contribution in [2.24, 2.45) is 7.05 Å². The number of nitrogens with one attached hydrogen (secondary N) is 1. The first-order valence-corrected chi connectivity index (χ1v) is 7.59. The number of hydrogen-bond acceptors (Lipinski definition) is 3. The van der Waals surface area contributed by atoms with Crippen LogP contribution in [0.3, 0.4) is 0 Å². The van der Waals surface area contributed by atoms with Gasteiger partial charge in [-0.25, -0.2) is 0 Å². The second-order valence-electron chi connectivity index (χ2n) is 5.56. The number of nitrogens with zero attached hydrogens (tertiary/aromatic N) is 3. The average molecular weight is 304 g/mol. The van der Waals surface area contributed by atoms with Crippen LogP contribution in [0.2, 0.25) is 0 Å². The van der Waals surface area contributed by atoms with Crippen LogP contribution in [0.25, 0.3) is 5.82 Å². The number of aromatic nitrogens is 3. The predicted molar refractivity (Wildman–Crippen MR) is 85.3 cm³/mol. The lowest BCUT2D eigenvalue weighted by molar-refractivity contribution is 0.0942. The van der Waals surface area contributed by atoms with Gasteiger partial charge in [-0.05, 0) is 38.8 Å². The highest BCUT2D eigenvalue weighted by molar-refractivity contribution is 5.97. The summed E-state index contributed by atoms with van der Waals surface area (Å²) in [5.74, 6) is 0.590. The molecule has 2 aromatic rings. The van der Waals surface area contributed by atoms with Gasteiger partial charge in [0.15, 0.2) is 0 Å². The van der Waals surface area contributed by atoms with Gasteiger partial charge in [-0.1, -0.05) is 6.92 Å². The molecule has 0 fully saturated rings. The molecule has 2 heterocycles. The van der Waals surface area contributed by atoms with Crippen LogP contribution in [0.5, 0.6) is 0 Å². The number of aliphatic hydroxyl groups is 1. The Morgan fingerprint density at radius 1 is 1.36 bits per heavy atom. The van der Waals surface area contributed by atoms with Gasteiger partial charge in [-0.3, -0.25) is 9.48 Å². The van der Waals surface area contributed by atoms with E-state index in [0.717, 1.165) is 17.2 Å². The molecule has 1 unspecified atom stereocenters. The summed E-state index contributed by atoms with van der Waals surface area (Å²) in [6, 6.07) is 4.03. The number of aryl methyl sites for hydroxylation is 3. The molecule has 6 heteroatoms. The summed E-state index contributed by atoms with van der Waals surface area (Å²) in [6.07, 6.45) is 2.46. The van der Waals surface area contributed by atoms with Crippen molar-refractivity contribution >= 4 is 5.91 Å². The summed E-state index contributed by atoms with van der Waals surface area (Å²) in [7, 11) is 1.83. The van der Waals surface area contributed by atoms with Crippen LogP contribution in [0, 0.1) is 13.8 Å². The fourth-order valence-corrected chi connectivity index (χ4v) is 2.51. The lowest BCUT2D eigenvalue weighted by Gasteiger charge is -2.13. The van der Waals surface area contributed by atoms with Gasteiger partial charge in [0.25, 0.3) is 5.91 Å². The summed E-state index contributed by atoms with van der Waals surface area (Å²) >= 11 is 0. The fourth-order valence-electron chi connectivity index (χ4n) is 2.51. The first-order chi connectivity index (χ1) is 10.5. The molecular formula is C16H24N4O2. The van der Waals surface area contributed by atoms with Crippen molar-refractivity contribution in [3.05, 3.63) is 35.3 Å². The topological polar surface area (TPSA) is 72.1 Å². The Kier molecular flexibility index (Phi) is 5.03. The first kappa shape index (κ1) is 16.3. The SMILES string of the molecule is CCC(O)CCNC(=O)c1cnn(C)c1-n1c(C)ccc1C. The molecule has 0 aliphatic heterocycles. The minimum absolute atomic E-state index is 0.168. The molecule has 120 valence electrons. The van der Waals surface area contributed by atoms with Gasteiger partial charge in [-0.2, -0.15) is 5.10 Å². The molecule has 0 bridgehead atoms. The van der Waals surface area contributed by atoms with Crippen molar-refractivity contribution in [3.63, 3.8) is 0 Å². The van der Waals surface area contributed by atoms with E-state index in [0.29, 0.717) is 24.9 Å². The van der Waals surface area contributed by atoms with Crippen molar-refractivity contribution in [1.82, 2.24) is 19.7 Å². The van der Waals surface area contributed by atoms with Gasteiger partial charge in [0.1, 0.15) is 11.4 Å². The normalized spacial score (nSPS) is 12.4. The zero-order chi connectivity index (χ0) is 16.3. The van der Waals surface area contributed by atoms with Crippen molar-refractivity contribution in [1.29, 1.82) is 0 Å². The van der Waals surface area contributed by atoms with E-state index in [1.807, 2.05) is 44.5 Å². The Morgan fingerprint density at radius 2 is 2.00 bits per heavy atom. The number of carbonyl (C=O) groups excluding carboxylic acids is 1. The maximum Gasteiger partial charge on any atom is 0.256 e. The van der Waals surface area contributed by atoms with E-state index in [1.165, 1.54) is 0 Å². The second kappa shape index (κ2) is 6.79. The van der Waals surface area contributed by atoms with Gasteiger partial charge in [-0.15, -0.1) is 0 Å². The summed E-state index contributed by atoms with van der Waals surface area (Å²) in [5, 5.41) is 16.6. The smallest absolute Gasteiger partial charge is 0.256 e. The zero-order valence-corrected chi connectivity index (χ0v) is 13.6. The van der Waals surface area contributed by atoms with Crippen molar-refractivity contribution in [2.45, 2.75) is 39.7 Å². The third-order valence-corrected chi connectivity index (χ3v) is 3.87. The summed E-state index contributed by atoms with van der Waals surface area (Å²) in [5.41, 5.74) is 2.64. The van der Waals surface area contributed by atoms with Crippen molar-refractivity contribution in [2.75, 3.05) is 6.54 Å². The third-order valence-electron chi connectivity index (χ3n) is 3.87. The highest BCUT2D eigenvalue weighted by Crippen LogP contribution is 2.19. The standard InChI is InChI=1S/C16H24N4O2/c1-5-13(21)8-9-17-15(22)14-10-18-19(4)16(14)20-11(2)6-7-12(20)3/h6-7,10,13,21H,5,8-9H2,1-4H3,(H,17,22). The molecule has 0 radical (unpaired) electrons. The summed E-state index contributed by atoms with van der Waals surface area (Å²) in [6.45, 7) is 6.37. The monoisotopic (exact) mass is 304 g/mol. The zero-order valence-electron chi connectivity index (χ0n) is 13.6. The number of carbonyl (C=O) groups is 1. The van der Waals surface area contributed by atoms with Gasteiger partial charge in [0.05, 0.1) is 12.3 Å². The molecular weight excluding hydrogens is 280 g/mol. The Balaban J connectivity index is 2.21. The molecule has 22 heavy (non-hydrogen) atoms. The third kappa shape index (κ3) is 3.22. The summed E-state index contributed by atoms with van der Waals surface area (Å²) < 4.78 is 3.72. The second-order valence-corrected chi connectivity index (χ2v) is 5.56. The highest BCUT2D eigenvalue weighted by atomic mass is 16.3. The Labute approximate surface area is 130 Å². The molecule has 2 N–H and O–H groups in total. The predicted octanol–water partition coefficient (Wildman–Crippen LogP) is 1.72. The minimum Gasteiger partial charge on any atom is -0.393 e. The van der Waals surface area contributed by atoms with E-state index in [9.17, 15) is 9.90 Å². The van der Waals surface area contributed by atoms with Crippen LogP contribution in [0.15, 0.2) is 18.3 Å². The first-order valence-electron chi connectivity index (χ1n) is 7.59. The van der Waals surface area contributed by atoms with Crippen molar-refractivity contribution in [3.8, 4) is 5.82 Å². The van der Waals surface area contributed by atoms with Crippen LogP contribution in [-0.4, -0.2) is 38.0 Å². The van der Waals surface area contributed by atoms with Gasteiger partial charge in [0.2, 0.25) is 0 Å². The van der Waals surface area contributed by atoms with Crippen LogP contribution < -0.4 is 5.32 Å². The summed E-state index contributed by atoms with van der Waals surface area (Å²) in [4.78, 5) is 12.4. The molecule has 2 rings (SSSR count). The highest BCUT2D eigenvalue weighted by Gasteiger charge is 2.19. The molecule has 0 saturated carbocycles. The molecule has 6 nitrogen and oxygen atoms in total. The van der Waals surface area contributed by atoms with Gasteiger partial charge < -0.3 is 15.0 Å². The Morgan fingerprint density at radius 3 is 2.59 bits per heavy atom. The largest absolute Gasteiger partial charge is 0.393 e. The molecule has 0 aromatic carbocycles. The van der Waals surface area contributed by atoms with Crippen LogP contribution >= 0.6 is 0 Å². The van der Waals surface area contributed by atoms with E-state index in [2.05, 4.69) is 10.4 Å². The van der Waals surface area contributed by atoms with E-state index >= 15 is 0 Å². The lowest BCUT2D eigenvalue weighted by atomic mass is 10.2. The van der Waals surface area contributed by atoms with Crippen molar-refractivity contribution < 1.29 is 9.90 Å². The molecule has 0 aliphatic rings. The lowest BCUT2D eigenvalue weighted by Crippen LogP contribution is -2.28. The van der Waals surface area contributed by atoms with Crippen LogP contribution in [0.1, 0.15) is 41.5 Å². The van der Waals surface area contributed by atoms with E-state index < -0.39 is 0 Å². The quantitative estimate of drug-likeness (QED) is 0.853. The number of rotatable bonds is 6. The number of hydrogen-bond donors (Lipinski definition) is 2. The molecule has 0 spiro atoms. The van der Waals surface area contributed by atoms with E-state index in [-0.39, 0.29) is 12.0 Å². The van der Waals surface area contributed by atoms with E-state index in [1.54, 1.807) is 10.9 Å². The Hall–Kier alpha value is -2.08. The molecule has 1 amide bonds. The van der Waals surface area contributed by atoms with E-state index in [4.69, 9.17) is 0 Å². The Bertz CT molecular complexity index is 638. The number of amides is 1. The average Bonchev–Trinajstić information content (AvgIpc) is 3.01.